The molecule has 5 rings (SSSR count). The van der Waals surface area contributed by atoms with Crippen LogP contribution in [0.4, 0.5) is 0 Å². The first kappa shape index (κ1) is 17.1. The van der Waals surface area contributed by atoms with Crippen LogP contribution < -0.4 is 0 Å². The molecule has 1 saturated heterocycles. The van der Waals surface area contributed by atoms with Gasteiger partial charge in [-0.05, 0) is 42.5 Å². The average molecular weight is 369 g/mol. The number of rotatable bonds is 4. The Morgan fingerprint density at radius 3 is 2.86 bits per heavy atom. The molecule has 140 valence electrons. The number of nitrogens with zero attached hydrogens (tertiary/aromatic N) is 5. The predicted molar refractivity (Wildman–Crippen MR) is 111 cm³/mol. The van der Waals surface area contributed by atoms with Crippen molar-refractivity contribution in [2.45, 2.75) is 25.4 Å². The van der Waals surface area contributed by atoms with Gasteiger partial charge >= 0.3 is 0 Å². The van der Waals surface area contributed by atoms with Crippen LogP contribution in [-0.2, 0) is 6.54 Å². The zero-order valence-corrected chi connectivity index (χ0v) is 15.8. The Kier molecular flexibility index (Phi) is 4.59. The van der Waals surface area contributed by atoms with Crippen molar-refractivity contribution in [1.29, 1.82) is 0 Å². The summed E-state index contributed by atoms with van der Waals surface area (Å²) >= 11 is 0. The number of hydrogen-bond acceptors (Lipinski definition) is 4. The minimum absolute atomic E-state index is 0.431. The van der Waals surface area contributed by atoms with Crippen molar-refractivity contribution in [2.24, 2.45) is 0 Å². The number of pyridine rings is 2. The van der Waals surface area contributed by atoms with Crippen molar-refractivity contribution in [3.8, 4) is 11.4 Å². The third kappa shape index (κ3) is 3.29. The summed E-state index contributed by atoms with van der Waals surface area (Å²) in [5.41, 5.74) is 2.45. The molecule has 1 atom stereocenters. The standard InChI is InChI=1S/C23H23N5/c1-5-19-15-25-10-8-21(19)22(7-1)23-26-11-13-28(23)20-6-3-12-27(17-20)16-18-4-2-9-24-14-18/h1-2,4-5,7-11,13-15,20H,3,6,12,16-17H2. The highest BCUT2D eigenvalue weighted by molar-refractivity contribution is 5.94. The van der Waals surface area contributed by atoms with Gasteiger partial charge in [0.15, 0.2) is 0 Å². The highest BCUT2D eigenvalue weighted by Crippen LogP contribution is 2.31. The summed E-state index contributed by atoms with van der Waals surface area (Å²) in [4.78, 5) is 15.8. The topological polar surface area (TPSA) is 46.8 Å². The van der Waals surface area contributed by atoms with Gasteiger partial charge in [0.2, 0.25) is 0 Å². The molecule has 1 aliphatic rings. The highest BCUT2D eigenvalue weighted by Gasteiger charge is 2.24. The van der Waals surface area contributed by atoms with Crippen molar-refractivity contribution < 1.29 is 0 Å². The minimum Gasteiger partial charge on any atom is -0.327 e. The second kappa shape index (κ2) is 7.52. The second-order valence-corrected chi connectivity index (χ2v) is 7.45. The summed E-state index contributed by atoms with van der Waals surface area (Å²) in [5, 5.41) is 2.35. The van der Waals surface area contributed by atoms with Gasteiger partial charge in [0, 0.05) is 67.3 Å². The number of hydrogen-bond donors (Lipinski definition) is 0. The van der Waals surface area contributed by atoms with Crippen molar-refractivity contribution in [3.63, 3.8) is 0 Å². The number of aromatic nitrogens is 4. The lowest BCUT2D eigenvalue weighted by Gasteiger charge is -2.34. The number of piperidine rings is 1. The van der Waals surface area contributed by atoms with E-state index in [0.717, 1.165) is 30.8 Å². The highest BCUT2D eigenvalue weighted by atomic mass is 15.2. The van der Waals surface area contributed by atoms with E-state index < -0.39 is 0 Å². The van der Waals surface area contributed by atoms with Gasteiger partial charge in [-0.3, -0.25) is 14.9 Å². The van der Waals surface area contributed by atoms with E-state index in [1.54, 1.807) is 0 Å². The molecule has 0 spiro atoms. The Morgan fingerprint density at radius 2 is 1.93 bits per heavy atom. The van der Waals surface area contributed by atoms with Crippen LogP contribution in [0.2, 0.25) is 0 Å². The van der Waals surface area contributed by atoms with Crippen molar-refractivity contribution in [3.05, 3.63) is 79.1 Å². The molecule has 1 aromatic carbocycles. The molecule has 4 aromatic rings. The van der Waals surface area contributed by atoms with Crippen LogP contribution in [-0.4, -0.2) is 37.5 Å². The maximum absolute atomic E-state index is 4.73. The lowest BCUT2D eigenvalue weighted by Crippen LogP contribution is -2.36. The first-order valence-electron chi connectivity index (χ1n) is 9.86. The number of imidazole rings is 1. The maximum atomic E-state index is 4.73. The largest absolute Gasteiger partial charge is 0.327 e. The summed E-state index contributed by atoms with van der Waals surface area (Å²) in [7, 11) is 0. The number of likely N-dealkylation sites (tertiary alicyclic amines) is 1. The molecule has 1 aliphatic heterocycles. The van der Waals surface area contributed by atoms with Crippen molar-refractivity contribution in [1.82, 2.24) is 24.4 Å². The second-order valence-electron chi connectivity index (χ2n) is 7.45. The Labute approximate surface area is 164 Å². The molecule has 1 unspecified atom stereocenters. The van der Waals surface area contributed by atoms with Gasteiger partial charge in [-0.25, -0.2) is 4.98 Å². The maximum Gasteiger partial charge on any atom is 0.140 e. The van der Waals surface area contributed by atoms with Crippen LogP contribution in [0, 0.1) is 0 Å². The van der Waals surface area contributed by atoms with Crippen LogP contribution in [0.1, 0.15) is 24.4 Å². The van der Waals surface area contributed by atoms with Gasteiger partial charge in [0.1, 0.15) is 5.82 Å². The lowest BCUT2D eigenvalue weighted by atomic mass is 10.0. The van der Waals surface area contributed by atoms with E-state index in [2.05, 4.69) is 56.0 Å². The first-order valence-corrected chi connectivity index (χ1v) is 9.86. The molecule has 3 aromatic heterocycles. The monoisotopic (exact) mass is 369 g/mol. The Hall–Kier alpha value is -3.05. The van der Waals surface area contributed by atoms with Gasteiger partial charge in [0.05, 0.1) is 0 Å². The van der Waals surface area contributed by atoms with E-state index in [-0.39, 0.29) is 0 Å². The fourth-order valence-electron chi connectivity index (χ4n) is 4.29. The molecule has 0 aliphatic carbocycles. The Bertz CT molecular complexity index is 1070. The molecule has 5 heteroatoms. The van der Waals surface area contributed by atoms with Crippen molar-refractivity contribution >= 4 is 10.8 Å². The summed E-state index contributed by atoms with van der Waals surface area (Å²) in [6.07, 6.45) is 14.0. The fraction of sp³-hybridized carbons (Fsp3) is 0.261. The third-order valence-electron chi connectivity index (χ3n) is 5.59. The Balaban J connectivity index is 1.44. The van der Waals surface area contributed by atoms with E-state index in [9.17, 15) is 0 Å². The normalized spacial score (nSPS) is 17.8. The van der Waals surface area contributed by atoms with Crippen LogP contribution in [0.5, 0.6) is 0 Å². The predicted octanol–water partition coefficient (Wildman–Crippen LogP) is 4.33. The molecule has 0 N–H and O–H groups in total. The van der Waals surface area contributed by atoms with Gasteiger partial charge < -0.3 is 4.57 Å². The molecule has 28 heavy (non-hydrogen) atoms. The molecular weight excluding hydrogens is 346 g/mol. The Morgan fingerprint density at radius 1 is 0.964 bits per heavy atom. The summed E-state index contributed by atoms with van der Waals surface area (Å²) in [5.74, 6) is 1.05. The van der Waals surface area contributed by atoms with Crippen LogP contribution in [0.3, 0.4) is 0 Å². The zero-order valence-electron chi connectivity index (χ0n) is 15.8. The lowest BCUT2D eigenvalue weighted by molar-refractivity contribution is 0.171. The van der Waals surface area contributed by atoms with Gasteiger partial charge in [-0.2, -0.15) is 0 Å². The van der Waals surface area contributed by atoms with Gasteiger partial charge in [-0.15, -0.1) is 0 Å². The van der Waals surface area contributed by atoms with Gasteiger partial charge in [-0.1, -0.05) is 24.3 Å². The first-order chi connectivity index (χ1) is 13.9. The molecular formula is C23H23N5. The fourth-order valence-corrected chi connectivity index (χ4v) is 4.29. The molecule has 4 heterocycles. The van der Waals surface area contributed by atoms with E-state index in [1.807, 2.05) is 37.1 Å². The molecule has 0 bridgehead atoms. The van der Waals surface area contributed by atoms with E-state index >= 15 is 0 Å². The summed E-state index contributed by atoms with van der Waals surface area (Å²) in [6, 6.07) is 13.0. The quantitative estimate of drug-likeness (QED) is 0.537. The van der Waals surface area contributed by atoms with Crippen LogP contribution in [0.25, 0.3) is 22.2 Å². The SMILES string of the molecule is c1cncc(CN2CCCC(n3ccnc3-c3cccc4cnccc34)C2)c1. The van der Waals surface area contributed by atoms with Crippen molar-refractivity contribution in [2.75, 3.05) is 13.1 Å². The average Bonchev–Trinajstić information content (AvgIpc) is 3.24. The van der Waals surface area contributed by atoms with Gasteiger partial charge in [0.25, 0.3) is 0 Å². The summed E-state index contributed by atoms with van der Waals surface area (Å²) < 4.78 is 2.37. The zero-order chi connectivity index (χ0) is 18.8. The van der Waals surface area contributed by atoms with E-state index in [4.69, 9.17) is 4.98 Å². The molecule has 0 saturated carbocycles. The number of benzene rings is 1. The van der Waals surface area contributed by atoms with E-state index in [0.29, 0.717) is 6.04 Å². The van der Waals surface area contributed by atoms with E-state index in [1.165, 1.54) is 29.4 Å². The summed E-state index contributed by atoms with van der Waals surface area (Å²) in [6.45, 7) is 3.12. The number of fused-ring (bicyclic) bond motifs is 1. The molecule has 0 amide bonds. The molecule has 5 nitrogen and oxygen atoms in total. The van der Waals surface area contributed by atoms with Crippen LogP contribution in [0.15, 0.2) is 73.6 Å². The van der Waals surface area contributed by atoms with Crippen LogP contribution >= 0.6 is 0 Å². The third-order valence-corrected chi connectivity index (χ3v) is 5.59. The molecule has 0 radical (unpaired) electrons. The minimum atomic E-state index is 0.431. The molecule has 1 fully saturated rings. The smallest absolute Gasteiger partial charge is 0.140 e.